The predicted octanol–water partition coefficient (Wildman–Crippen LogP) is 0.876. The van der Waals surface area contributed by atoms with Crippen LogP contribution in [-0.2, 0) is 0 Å². The molecule has 0 fully saturated rings. The summed E-state index contributed by atoms with van der Waals surface area (Å²) >= 11 is 0. The van der Waals surface area contributed by atoms with Gasteiger partial charge in [0.05, 0.1) is 5.56 Å². The van der Waals surface area contributed by atoms with Crippen molar-refractivity contribution in [2.24, 2.45) is 0 Å². The lowest BCUT2D eigenvalue weighted by atomic mass is 10.2. The van der Waals surface area contributed by atoms with E-state index in [1.165, 1.54) is 18.3 Å². The molecule has 0 aliphatic heterocycles. The number of fused-ring (bicyclic) bond motifs is 1. The lowest BCUT2D eigenvalue weighted by Gasteiger charge is -2.06. The molecule has 3 rings (SSSR count). The molecule has 1 aromatic carbocycles. The third-order valence-corrected chi connectivity index (χ3v) is 3.16. The van der Waals surface area contributed by atoms with E-state index in [-0.39, 0.29) is 5.56 Å². The van der Waals surface area contributed by atoms with Gasteiger partial charge in [-0.2, -0.15) is 4.73 Å². The highest BCUT2D eigenvalue weighted by atomic mass is 16.5. The summed E-state index contributed by atoms with van der Waals surface area (Å²) in [5, 5.41) is 11.9. The molecule has 0 saturated heterocycles. The zero-order chi connectivity index (χ0) is 15.5. The van der Waals surface area contributed by atoms with Crippen molar-refractivity contribution >= 4 is 22.7 Å². The zero-order valence-corrected chi connectivity index (χ0v) is 11.4. The van der Waals surface area contributed by atoms with Crippen LogP contribution < -0.4 is 15.6 Å². The number of carbonyl (C=O) groups is 2. The van der Waals surface area contributed by atoms with Crippen molar-refractivity contribution in [1.29, 1.82) is 0 Å². The summed E-state index contributed by atoms with van der Waals surface area (Å²) in [5.41, 5.74) is 6.00. The maximum atomic E-state index is 12.1. The average Bonchev–Trinajstić information content (AvgIpc) is 2.96. The van der Waals surface area contributed by atoms with E-state index in [2.05, 4.69) is 15.8 Å². The van der Waals surface area contributed by atoms with Gasteiger partial charge in [-0.05, 0) is 12.1 Å². The Bertz CT molecular complexity index is 857. The number of pyridine rings is 1. The summed E-state index contributed by atoms with van der Waals surface area (Å²) in [6, 6.07) is 10.3. The van der Waals surface area contributed by atoms with Crippen LogP contribution in [0, 0.1) is 5.21 Å². The SMILES string of the molecule is O=C(NNC(=O)c1c[nH]c2ccccc12)c1ccc[n+]([O-])c1. The Hall–Kier alpha value is -3.35. The predicted molar refractivity (Wildman–Crippen MR) is 78.6 cm³/mol. The smallest absolute Gasteiger partial charge is 0.275 e. The van der Waals surface area contributed by atoms with Crippen molar-refractivity contribution in [1.82, 2.24) is 15.8 Å². The Kier molecular flexibility index (Phi) is 3.45. The molecule has 7 heteroatoms. The minimum absolute atomic E-state index is 0.150. The van der Waals surface area contributed by atoms with E-state index >= 15 is 0 Å². The minimum atomic E-state index is -0.571. The van der Waals surface area contributed by atoms with Crippen molar-refractivity contribution in [2.45, 2.75) is 0 Å². The number of para-hydroxylation sites is 1. The molecular formula is C15H12N4O3. The molecule has 0 saturated carbocycles. The van der Waals surface area contributed by atoms with E-state index < -0.39 is 11.8 Å². The van der Waals surface area contributed by atoms with Gasteiger partial charge < -0.3 is 10.2 Å². The largest absolute Gasteiger partial charge is 0.619 e. The molecule has 3 aromatic rings. The average molecular weight is 296 g/mol. The molecule has 0 radical (unpaired) electrons. The highest BCUT2D eigenvalue weighted by Gasteiger charge is 2.14. The van der Waals surface area contributed by atoms with E-state index in [0.29, 0.717) is 10.3 Å². The molecule has 110 valence electrons. The molecule has 2 aromatic heterocycles. The van der Waals surface area contributed by atoms with Crippen LogP contribution in [0.4, 0.5) is 0 Å². The van der Waals surface area contributed by atoms with Crippen LogP contribution in [-0.4, -0.2) is 16.8 Å². The molecule has 22 heavy (non-hydrogen) atoms. The first-order valence-electron chi connectivity index (χ1n) is 6.51. The van der Waals surface area contributed by atoms with Crippen LogP contribution in [0.1, 0.15) is 20.7 Å². The molecule has 0 aliphatic carbocycles. The Morgan fingerprint density at radius 2 is 1.82 bits per heavy atom. The lowest BCUT2D eigenvalue weighted by Crippen LogP contribution is -2.42. The lowest BCUT2D eigenvalue weighted by molar-refractivity contribution is -0.605. The van der Waals surface area contributed by atoms with E-state index in [1.807, 2.05) is 18.2 Å². The van der Waals surface area contributed by atoms with Crippen LogP contribution in [0.15, 0.2) is 55.0 Å². The fourth-order valence-corrected chi connectivity index (χ4v) is 2.10. The van der Waals surface area contributed by atoms with Crippen LogP contribution in [0.25, 0.3) is 10.9 Å². The fourth-order valence-electron chi connectivity index (χ4n) is 2.10. The van der Waals surface area contributed by atoms with Gasteiger partial charge in [-0.25, -0.2) is 0 Å². The third-order valence-electron chi connectivity index (χ3n) is 3.16. The highest BCUT2D eigenvalue weighted by molar-refractivity contribution is 6.07. The van der Waals surface area contributed by atoms with E-state index in [1.54, 1.807) is 12.3 Å². The molecule has 0 atom stereocenters. The molecule has 7 nitrogen and oxygen atoms in total. The van der Waals surface area contributed by atoms with Gasteiger partial charge in [-0.1, -0.05) is 18.2 Å². The zero-order valence-electron chi connectivity index (χ0n) is 11.4. The third kappa shape index (κ3) is 2.59. The quantitative estimate of drug-likeness (QED) is 0.371. The first-order valence-corrected chi connectivity index (χ1v) is 6.51. The minimum Gasteiger partial charge on any atom is -0.619 e. The Morgan fingerprint density at radius 1 is 1.05 bits per heavy atom. The summed E-state index contributed by atoms with van der Waals surface area (Å²) in [6.07, 6.45) is 3.95. The second-order valence-electron chi connectivity index (χ2n) is 4.61. The summed E-state index contributed by atoms with van der Waals surface area (Å²) in [4.78, 5) is 26.9. The molecule has 3 N–H and O–H groups in total. The van der Waals surface area contributed by atoms with Crippen molar-refractivity contribution in [2.75, 3.05) is 0 Å². The number of nitrogens with zero attached hydrogens (tertiary/aromatic N) is 1. The molecule has 2 heterocycles. The van der Waals surface area contributed by atoms with Gasteiger partial charge in [-0.3, -0.25) is 20.4 Å². The van der Waals surface area contributed by atoms with Gasteiger partial charge in [0.2, 0.25) is 0 Å². The molecule has 2 amide bonds. The van der Waals surface area contributed by atoms with E-state index in [0.717, 1.165) is 17.1 Å². The number of hydrogen-bond donors (Lipinski definition) is 3. The second-order valence-corrected chi connectivity index (χ2v) is 4.61. The molecule has 0 bridgehead atoms. The van der Waals surface area contributed by atoms with Crippen molar-refractivity contribution < 1.29 is 14.3 Å². The number of carbonyl (C=O) groups excluding carboxylic acids is 2. The second kappa shape index (κ2) is 5.57. The number of hydrogen-bond acceptors (Lipinski definition) is 3. The molecule has 0 unspecified atom stereocenters. The normalized spacial score (nSPS) is 10.4. The van der Waals surface area contributed by atoms with Gasteiger partial charge in [0.25, 0.3) is 11.8 Å². The van der Waals surface area contributed by atoms with Crippen molar-refractivity contribution in [3.63, 3.8) is 0 Å². The van der Waals surface area contributed by atoms with Gasteiger partial charge in [0.1, 0.15) is 5.56 Å². The first-order chi connectivity index (χ1) is 10.6. The van der Waals surface area contributed by atoms with E-state index in [9.17, 15) is 14.8 Å². The van der Waals surface area contributed by atoms with Gasteiger partial charge in [-0.15, -0.1) is 0 Å². The summed E-state index contributed by atoms with van der Waals surface area (Å²) in [7, 11) is 0. The van der Waals surface area contributed by atoms with Crippen molar-refractivity contribution in [3.8, 4) is 0 Å². The summed E-state index contributed by atoms with van der Waals surface area (Å²) in [6.45, 7) is 0. The van der Waals surface area contributed by atoms with Crippen molar-refractivity contribution in [3.05, 3.63) is 71.3 Å². The maximum absolute atomic E-state index is 12.1. The molecule has 0 spiro atoms. The van der Waals surface area contributed by atoms with E-state index in [4.69, 9.17) is 0 Å². The number of rotatable bonds is 2. The van der Waals surface area contributed by atoms with Gasteiger partial charge in [0.15, 0.2) is 12.4 Å². The number of benzene rings is 1. The number of amides is 2. The fraction of sp³-hybridized carbons (Fsp3) is 0. The van der Waals surface area contributed by atoms with Gasteiger partial charge in [0, 0.05) is 23.2 Å². The topological polar surface area (TPSA) is 101 Å². The Balaban J connectivity index is 1.71. The monoisotopic (exact) mass is 296 g/mol. The number of hydrazine groups is 1. The number of aromatic amines is 1. The Labute approximate surface area is 125 Å². The number of aromatic nitrogens is 2. The van der Waals surface area contributed by atoms with Crippen LogP contribution >= 0.6 is 0 Å². The number of nitrogens with one attached hydrogen (secondary N) is 3. The maximum Gasteiger partial charge on any atom is 0.275 e. The molecule has 0 aliphatic rings. The first kappa shape index (κ1) is 13.6. The summed E-state index contributed by atoms with van der Waals surface area (Å²) < 4.78 is 0.510. The van der Waals surface area contributed by atoms with Crippen LogP contribution in [0.3, 0.4) is 0 Å². The highest BCUT2D eigenvalue weighted by Crippen LogP contribution is 2.17. The Morgan fingerprint density at radius 3 is 2.64 bits per heavy atom. The van der Waals surface area contributed by atoms with Crippen LogP contribution in [0.5, 0.6) is 0 Å². The number of H-pyrrole nitrogens is 1. The summed E-state index contributed by atoms with van der Waals surface area (Å²) in [5.74, 6) is -1.02. The standard InChI is InChI=1S/C15H12N4O3/c20-14(10-4-3-7-19(22)9-10)17-18-15(21)12-8-16-13-6-2-1-5-11(12)13/h1-9,16H,(H,17,20)(H,18,21). The van der Waals surface area contributed by atoms with Gasteiger partial charge >= 0.3 is 0 Å². The molecular weight excluding hydrogens is 284 g/mol. The van der Waals surface area contributed by atoms with Crippen LogP contribution in [0.2, 0.25) is 0 Å².